The second-order valence-corrected chi connectivity index (χ2v) is 16.1. The predicted octanol–water partition coefficient (Wildman–Crippen LogP) is 9.66. The van der Waals surface area contributed by atoms with E-state index < -0.39 is 17.4 Å². The van der Waals surface area contributed by atoms with Crippen molar-refractivity contribution < 1.29 is 13.0 Å². The van der Waals surface area contributed by atoms with Crippen LogP contribution < -0.4 is 0 Å². The molecule has 0 radical (unpaired) electrons. The largest absolute Gasteiger partial charge is 0.748 e. The van der Waals surface area contributed by atoms with Crippen LogP contribution in [0.5, 0.6) is 0 Å². The normalized spacial score (nSPS) is 11.9. The van der Waals surface area contributed by atoms with E-state index in [9.17, 15) is 13.0 Å². The highest BCUT2D eigenvalue weighted by Gasteiger charge is 2.34. The van der Waals surface area contributed by atoms with Crippen molar-refractivity contribution in [2.75, 3.05) is 30.4 Å². The summed E-state index contributed by atoms with van der Waals surface area (Å²) in [5.41, 5.74) is 0. The van der Waals surface area contributed by atoms with Crippen LogP contribution in [-0.4, -0.2) is 43.4 Å². The van der Waals surface area contributed by atoms with E-state index in [4.69, 9.17) is 0 Å². The van der Waals surface area contributed by atoms with Crippen LogP contribution in [0.3, 0.4) is 0 Å². The van der Waals surface area contributed by atoms with Gasteiger partial charge in [-0.3, -0.25) is 0 Å². The highest BCUT2D eigenvalue weighted by atomic mass is 32.2. The summed E-state index contributed by atoms with van der Waals surface area (Å²) < 4.78 is 29.5. The van der Waals surface area contributed by atoms with Crippen molar-refractivity contribution in [1.82, 2.24) is 0 Å². The highest BCUT2D eigenvalue weighted by molar-refractivity contribution is 7.85. The Labute approximate surface area is 210 Å². The van der Waals surface area contributed by atoms with Gasteiger partial charge in [0, 0.05) is 13.0 Å². The first-order valence-corrected chi connectivity index (χ1v) is 18.7. The molecule has 0 aromatic rings. The molecule has 0 saturated carbocycles. The van der Waals surface area contributed by atoms with Crippen LogP contribution in [-0.2, 0) is 10.1 Å². The minimum atomic E-state index is -3.94. The minimum absolute atomic E-state index is 0.219. The number of unbranched alkanes of at least 4 members (excludes halogenated alkanes) is 13. The van der Waals surface area contributed by atoms with Gasteiger partial charge in [-0.15, -0.1) is 0 Å². The molecule has 0 aliphatic rings. The maximum absolute atomic E-state index is 9.83. The molecule has 0 amide bonds. The van der Waals surface area contributed by atoms with Gasteiger partial charge in [0.1, 0.15) is 0 Å². The smallest absolute Gasteiger partial charge is 0.0945 e. The molecule has 202 valence electrons. The van der Waals surface area contributed by atoms with Crippen molar-refractivity contribution in [2.24, 2.45) is 0 Å². The average molecular weight is 509 g/mol. The average Bonchev–Trinajstić information content (AvgIpc) is 2.79. The third-order valence-electron chi connectivity index (χ3n) is 6.69. The molecule has 0 aromatic carbocycles. The molecule has 0 heterocycles. The van der Waals surface area contributed by atoms with Crippen LogP contribution in [0.4, 0.5) is 0 Å². The second kappa shape index (κ2) is 25.4. The number of hydrogen-bond donors (Lipinski definition) is 0. The Morgan fingerprint density at radius 2 is 0.758 bits per heavy atom. The summed E-state index contributed by atoms with van der Waals surface area (Å²) >= 11 is 0. The van der Waals surface area contributed by atoms with E-state index in [1.807, 2.05) is 6.92 Å². The Morgan fingerprint density at radius 3 is 1.06 bits per heavy atom. The van der Waals surface area contributed by atoms with Crippen molar-refractivity contribution in [3.05, 3.63) is 0 Å². The maximum Gasteiger partial charge on any atom is 0.0945 e. The van der Waals surface area contributed by atoms with Gasteiger partial charge in [-0.05, 0) is 38.5 Å². The summed E-state index contributed by atoms with van der Waals surface area (Å²) in [4.78, 5) is 0. The summed E-state index contributed by atoms with van der Waals surface area (Å²) in [5.74, 6) is -0.219. The third-order valence-corrected chi connectivity index (χ3v) is 12.5. The highest BCUT2D eigenvalue weighted by Crippen LogP contribution is 2.61. The van der Waals surface area contributed by atoms with Gasteiger partial charge in [-0.2, -0.15) is 0 Å². The van der Waals surface area contributed by atoms with Gasteiger partial charge in [0.2, 0.25) is 0 Å². The van der Waals surface area contributed by atoms with Gasteiger partial charge >= 0.3 is 0 Å². The fraction of sp³-hybridized carbons (Fsp3) is 1.00. The van der Waals surface area contributed by atoms with Crippen LogP contribution in [0, 0.1) is 0 Å². The van der Waals surface area contributed by atoms with E-state index in [0.29, 0.717) is 6.42 Å². The van der Waals surface area contributed by atoms with E-state index in [1.54, 1.807) is 31.1 Å². The number of hydrogen-bond acceptors (Lipinski definition) is 3. The summed E-state index contributed by atoms with van der Waals surface area (Å²) in [6.45, 7) is 11.3. The predicted molar refractivity (Wildman–Crippen MR) is 152 cm³/mol. The van der Waals surface area contributed by atoms with Crippen LogP contribution in [0.1, 0.15) is 150 Å². The lowest BCUT2D eigenvalue weighted by molar-refractivity contribution is 0.461. The lowest BCUT2D eigenvalue weighted by Gasteiger charge is -2.28. The Morgan fingerprint density at radius 1 is 0.455 bits per heavy atom. The van der Waals surface area contributed by atoms with Gasteiger partial charge in [0.15, 0.2) is 0 Å². The summed E-state index contributed by atoms with van der Waals surface area (Å²) in [6.07, 6.45) is 31.2. The second-order valence-electron chi connectivity index (χ2n) is 10.1. The van der Waals surface area contributed by atoms with Crippen LogP contribution in [0.15, 0.2) is 0 Å². The molecule has 0 saturated heterocycles. The Bertz CT molecular complexity index is 458. The van der Waals surface area contributed by atoms with Crippen molar-refractivity contribution in [3.8, 4) is 0 Å². The van der Waals surface area contributed by atoms with Gasteiger partial charge in [-0.1, -0.05) is 112 Å². The fourth-order valence-electron chi connectivity index (χ4n) is 4.41. The van der Waals surface area contributed by atoms with Crippen molar-refractivity contribution in [3.63, 3.8) is 0 Å². The topological polar surface area (TPSA) is 57.2 Å². The lowest BCUT2D eigenvalue weighted by atomic mass is 10.1. The van der Waals surface area contributed by atoms with Crippen LogP contribution in [0.25, 0.3) is 0 Å². The minimum Gasteiger partial charge on any atom is -0.748 e. The lowest BCUT2D eigenvalue weighted by Crippen LogP contribution is -2.13. The first-order valence-electron chi connectivity index (χ1n) is 14.6. The zero-order valence-electron chi connectivity index (χ0n) is 23.3. The summed E-state index contributed by atoms with van der Waals surface area (Å²) in [6, 6.07) is 0. The summed E-state index contributed by atoms with van der Waals surface area (Å²) in [5, 5.41) is 0. The van der Waals surface area contributed by atoms with E-state index in [-0.39, 0.29) is 5.75 Å². The zero-order valence-corrected chi connectivity index (χ0v) is 25.1. The Hall–Kier alpha value is 0.340. The Kier molecular flexibility index (Phi) is 27.4. The van der Waals surface area contributed by atoms with E-state index >= 15 is 0 Å². The number of rotatable bonds is 23. The first-order chi connectivity index (χ1) is 15.8. The molecule has 0 aliphatic carbocycles. The molecule has 0 fully saturated rings. The van der Waals surface area contributed by atoms with Crippen molar-refractivity contribution in [1.29, 1.82) is 0 Å². The van der Waals surface area contributed by atoms with Gasteiger partial charge in [-0.25, -0.2) is 8.42 Å². The van der Waals surface area contributed by atoms with Crippen LogP contribution >= 0.6 is 7.26 Å². The molecular formula is C28H61O3PS. The zero-order chi connectivity index (χ0) is 25.3. The summed E-state index contributed by atoms with van der Waals surface area (Å²) in [7, 11) is -4.56. The molecule has 0 spiro atoms. The monoisotopic (exact) mass is 508 g/mol. The molecule has 3 nitrogen and oxygen atoms in total. The third kappa shape index (κ3) is 26.8. The van der Waals surface area contributed by atoms with E-state index in [2.05, 4.69) is 27.7 Å². The van der Waals surface area contributed by atoms with E-state index in [1.165, 1.54) is 96.3 Å². The van der Waals surface area contributed by atoms with Crippen molar-refractivity contribution >= 4 is 17.4 Å². The molecule has 33 heavy (non-hydrogen) atoms. The maximum atomic E-state index is 9.83. The molecule has 5 heteroatoms. The molecule has 0 aliphatic heterocycles. The SMILES string of the molecule is CCCCCCCCCCCC[P+](CCCC)(CCCC)CCCC.CCCCS(=O)(=O)[O-]. The first kappa shape index (κ1) is 35.5. The van der Waals surface area contributed by atoms with Crippen LogP contribution in [0.2, 0.25) is 0 Å². The molecule has 0 rings (SSSR count). The van der Waals surface area contributed by atoms with Gasteiger partial charge in [0.25, 0.3) is 0 Å². The molecule has 0 N–H and O–H groups in total. The molecule has 0 unspecified atom stereocenters. The molecule has 0 aromatic heterocycles. The van der Waals surface area contributed by atoms with Gasteiger partial charge < -0.3 is 4.55 Å². The van der Waals surface area contributed by atoms with Crippen molar-refractivity contribution in [2.45, 2.75) is 150 Å². The molecule has 0 bridgehead atoms. The fourth-order valence-corrected chi connectivity index (χ4v) is 10.2. The standard InChI is InChI=1S/C24H52P.C4H10O3S/c1-5-9-13-14-15-16-17-18-19-20-24-25(21-10-6-2,22-11-7-3)23-12-8-4;1-2-3-4-8(5,6)7/h5-24H2,1-4H3;2-4H2,1H3,(H,5,6,7)/q+1;/p-1. The molecule has 0 atom stereocenters. The Balaban J connectivity index is 0. The van der Waals surface area contributed by atoms with Gasteiger partial charge in [0.05, 0.1) is 34.8 Å². The quantitative estimate of drug-likeness (QED) is 0.0784. The van der Waals surface area contributed by atoms with E-state index in [0.717, 1.165) is 6.42 Å². The molecular weight excluding hydrogens is 447 g/mol.